The van der Waals surface area contributed by atoms with Gasteiger partial charge in [0.2, 0.25) is 0 Å². The zero-order chi connectivity index (χ0) is 51.1. The van der Waals surface area contributed by atoms with Gasteiger partial charge < -0.3 is 4.74 Å². The first kappa shape index (κ1) is 24.2. The molecule has 286 valence electrons. The van der Waals surface area contributed by atoms with Crippen LogP contribution in [0.5, 0.6) is 11.5 Å². The molecule has 0 unspecified atom stereocenters. The van der Waals surface area contributed by atoms with Crippen LogP contribution in [-0.2, 0) is 5.41 Å². The molecular formula is C54H45N4O+. The van der Waals surface area contributed by atoms with Crippen LogP contribution in [0.15, 0.2) is 182 Å². The third kappa shape index (κ3) is 5.42. The van der Waals surface area contributed by atoms with Crippen LogP contribution in [0.25, 0.3) is 49.9 Å². The number of hydrogen-bond donors (Lipinski definition) is 0. The van der Waals surface area contributed by atoms with Crippen LogP contribution in [-0.4, -0.2) is 16.2 Å². The number of hydrogen-bond acceptors (Lipinski definition) is 2. The van der Waals surface area contributed by atoms with Crippen molar-refractivity contribution in [3.8, 4) is 39.6 Å². The molecule has 1 saturated heterocycles. The molecule has 0 amide bonds. The van der Waals surface area contributed by atoms with Gasteiger partial charge in [-0.2, -0.15) is 0 Å². The Balaban J connectivity index is 1.10. The van der Waals surface area contributed by atoms with E-state index in [-0.39, 0.29) is 50.1 Å². The van der Waals surface area contributed by atoms with E-state index in [4.69, 9.17) is 27.5 Å². The van der Waals surface area contributed by atoms with Gasteiger partial charge in [0, 0.05) is 56.0 Å². The quantitative estimate of drug-likeness (QED) is 0.119. The highest BCUT2D eigenvalue weighted by Crippen LogP contribution is 2.68. The van der Waals surface area contributed by atoms with E-state index >= 15 is 0 Å². The van der Waals surface area contributed by atoms with Gasteiger partial charge in [-0.25, -0.2) is 4.98 Å². The molecule has 12 rings (SSSR count). The Kier molecular flexibility index (Phi) is 5.38. The molecule has 9 aromatic rings. The normalized spacial score (nSPS) is 21.5. The highest BCUT2D eigenvalue weighted by molar-refractivity contribution is 6.09. The van der Waals surface area contributed by atoms with E-state index < -0.39 is 71.8 Å². The van der Waals surface area contributed by atoms with Gasteiger partial charge in [0.25, 0.3) is 0 Å². The second kappa shape index (κ2) is 13.1. The Morgan fingerprint density at radius 1 is 0.661 bits per heavy atom. The average Bonchev–Trinajstić information content (AvgIpc) is 3.94. The van der Waals surface area contributed by atoms with Gasteiger partial charge in [0.15, 0.2) is 18.0 Å². The molecule has 3 aliphatic heterocycles. The number of fused-ring (bicyclic) bond motifs is 3. The predicted octanol–water partition coefficient (Wildman–Crippen LogP) is 14.3. The fourth-order valence-electron chi connectivity index (χ4n) is 9.08. The van der Waals surface area contributed by atoms with E-state index in [9.17, 15) is 0 Å². The number of benzene rings is 7. The lowest BCUT2D eigenvalue weighted by molar-refractivity contribution is 0.187. The second-order valence-electron chi connectivity index (χ2n) is 16.2. The molecule has 0 radical (unpaired) electrons. The first-order valence-electron chi connectivity index (χ1n) is 25.9. The van der Waals surface area contributed by atoms with Gasteiger partial charge in [-0.05, 0) is 83.6 Å². The molecule has 2 aromatic heterocycles. The van der Waals surface area contributed by atoms with E-state index in [1.165, 1.54) is 6.07 Å². The van der Waals surface area contributed by atoms with Crippen molar-refractivity contribution in [2.75, 3.05) is 6.67 Å². The van der Waals surface area contributed by atoms with Crippen molar-refractivity contribution in [3.05, 3.63) is 200 Å². The summed E-state index contributed by atoms with van der Waals surface area (Å²) in [6.07, 6.45) is 1.83. The molecule has 2 bridgehead atoms. The number of quaternary nitrogens is 2. The van der Waals surface area contributed by atoms with Crippen LogP contribution in [0.2, 0.25) is 0 Å². The number of aromatic nitrogens is 2. The predicted molar refractivity (Wildman–Crippen MR) is 244 cm³/mol. The molecule has 0 aliphatic carbocycles. The molecule has 0 spiro atoms. The fourth-order valence-corrected chi connectivity index (χ4v) is 9.08. The maximum absolute atomic E-state index is 9.15. The number of ether oxygens (including phenoxy) is 1. The molecule has 0 N–H and O–H groups in total. The molecule has 59 heavy (non-hydrogen) atoms. The summed E-state index contributed by atoms with van der Waals surface area (Å²) in [5.74, 6) is 1.80. The third-order valence-electron chi connectivity index (χ3n) is 11.7. The topological polar surface area (TPSA) is 27.1 Å². The van der Waals surface area contributed by atoms with Crippen molar-refractivity contribution in [2.45, 2.75) is 33.0 Å². The average molecular weight is 779 g/mol. The number of aryl methyl sites for hydroxylation is 1. The lowest BCUT2D eigenvalue weighted by atomic mass is 9.88. The minimum Gasteiger partial charge on any atom is -0.457 e. The monoisotopic (exact) mass is 778 g/mol. The van der Waals surface area contributed by atoms with Crippen molar-refractivity contribution in [2.24, 2.45) is 0 Å². The van der Waals surface area contributed by atoms with E-state index in [1.54, 1.807) is 24.3 Å². The second-order valence-corrected chi connectivity index (χ2v) is 16.2. The van der Waals surface area contributed by atoms with Crippen molar-refractivity contribution < 1.29 is 22.6 Å². The maximum Gasteiger partial charge on any atom is 0.186 e. The standard InChI is InChI=1S/C54H45N4O/c1-37-16-13-27-50-52(37)58(53-44(38-17-7-5-8-18-38)24-15-25-45(53)39-19-9-6-10-20-39)35-57(50,36-58)41-21-14-22-42(33-41)59-43-28-29-47-46-23-11-12-26-48(46)56(49(47)34-43)51-32-40(30-31-55-51)54(2,3)4/h5-35H,36H2,1-4H3/q+1/t57-,58-/m1/s1/i1D3,5D,6D,7D,8D,9D,10D,17D,18D,19D,20D. The van der Waals surface area contributed by atoms with Crippen LogP contribution in [0, 0.1) is 13.5 Å². The van der Waals surface area contributed by atoms with Crippen molar-refractivity contribution in [1.82, 2.24) is 18.5 Å². The molecule has 3 aliphatic rings. The SMILES string of the molecule is [2H]c1c([2H])c([2H])c(-c2cccc(-c3c([2H])c([2H])c([2H])c([2H])c3[2H])c2[N@+]23[CH-][N@+](c4cccc(Oc5ccc6c7ccccc7n(-c7cc(C(C)(C)C)ccn7)c6c5)c4)(C2)c2cccc(C([2H])([2H])[2H])c23)c([2H])c1[2H]. The largest absolute Gasteiger partial charge is 0.457 e. The molecule has 5 heteroatoms. The Hall–Kier alpha value is -6.79. The minimum absolute atomic E-state index is 0.0183. The fraction of sp³-hybridized carbons (Fsp3) is 0.111. The molecule has 7 aromatic carbocycles. The Morgan fingerprint density at radius 3 is 2.07 bits per heavy atom. The van der Waals surface area contributed by atoms with Gasteiger partial charge in [-0.3, -0.25) is 13.5 Å². The third-order valence-corrected chi connectivity index (χ3v) is 11.7. The van der Waals surface area contributed by atoms with Crippen LogP contribution >= 0.6 is 0 Å². The number of para-hydroxylation sites is 3. The number of rotatable bonds is 7. The van der Waals surface area contributed by atoms with Gasteiger partial charge in [0.05, 0.1) is 31.4 Å². The molecule has 2 atom stereocenters. The summed E-state index contributed by atoms with van der Waals surface area (Å²) in [7, 11) is 0. The lowest BCUT2D eigenvalue weighted by Gasteiger charge is -2.57. The molecule has 0 saturated carbocycles. The first-order chi connectivity index (χ1) is 34.1. The van der Waals surface area contributed by atoms with Gasteiger partial charge in [0.1, 0.15) is 28.7 Å². The molecule has 1 fully saturated rings. The van der Waals surface area contributed by atoms with E-state index in [0.717, 1.165) is 33.2 Å². The number of pyridine rings is 1. The lowest BCUT2D eigenvalue weighted by Crippen LogP contribution is -2.67. The zero-order valence-corrected chi connectivity index (χ0v) is 32.5. The van der Waals surface area contributed by atoms with Crippen molar-refractivity contribution in [3.63, 3.8) is 0 Å². The summed E-state index contributed by atoms with van der Waals surface area (Å²) >= 11 is 0. The summed E-state index contributed by atoms with van der Waals surface area (Å²) in [5.41, 5.74) is 4.45. The Morgan fingerprint density at radius 2 is 1.34 bits per heavy atom. The summed E-state index contributed by atoms with van der Waals surface area (Å²) in [5, 5.41) is 2.07. The van der Waals surface area contributed by atoms with Gasteiger partial charge in [-0.1, -0.05) is 124 Å². The van der Waals surface area contributed by atoms with Crippen LogP contribution in [0.1, 0.15) is 49.7 Å². The highest BCUT2D eigenvalue weighted by Gasteiger charge is 2.64. The van der Waals surface area contributed by atoms with Gasteiger partial charge >= 0.3 is 0 Å². The van der Waals surface area contributed by atoms with Crippen LogP contribution in [0.4, 0.5) is 22.7 Å². The van der Waals surface area contributed by atoms with Crippen LogP contribution in [0.3, 0.4) is 0 Å². The molecular weight excluding hydrogens is 721 g/mol. The minimum atomic E-state index is -2.69. The smallest absolute Gasteiger partial charge is 0.186 e. The summed E-state index contributed by atoms with van der Waals surface area (Å²) in [6.45, 7) is 5.75. The zero-order valence-electron chi connectivity index (χ0n) is 45.5. The molecule has 5 nitrogen and oxygen atoms in total. The van der Waals surface area contributed by atoms with Crippen molar-refractivity contribution in [1.29, 1.82) is 0 Å². The van der Waals surface area contributed by atoms with Crippen LogP contribution < -0.4 is 13.7 Å². The summed E-state index contributed by atoms with van der Waals surface area (Å²) in [4.78, 5) is 4.82. The Bertz CT molecular complexity index is 3650. The summed E-state index contributed by atoms with van der Waals surface area (Å²) in [6, 6.07) is 29.7. The van der Waals surface area contributed by atoms with Crippen molar-refractivity contribution >= 4 is 44.6 Å². The first-order valence-corrected chi connectivity index (χ1v) is 19.4. The number of nitrogens with zero attached hydrogens (tertiary/aromatic N) is 4. The van der Waals surface area contributed by atoms with Gasteiger partial charge in [-0.15, -0.1) is 0 Å². The summed E-state index contributed by atoms with van der Waals surface area (Å²) < 4.78 is 123. The Labute approximate surface area is 364 Å². The maximum atomic E-state index is 9.15. The highest BCUT2D eigenvalue weighted by atomic mass is 16.5. The van der Waals surface area contributed by atoms with E-state index in [2.05, 4.69) is 43.5 Å². The van der Waals surface area contributed by atoms with E-state index in [1.807, 2.05) is 79.6 Å². The molecule has 5 heterocycles. The van der Waals surface area contributed by atoms with E-state index in [0.29, 0.717) is 28.6 Å².